The minimum atomic E-state index is -0.342. The summed E-state index contributed by atoms with van der Waals surface area (Å²) in [6, 6.07) is 9.94. The van der Waals surface area contributed by atoms with Crippen molar-refractivity contribution in [1.29, 1.82) is 0 Å². The first-order valence-electron chi connectivity index (χ1n) is 10.4. The topological polar surface area (TPSA) is 92.4 Å². The molecular formula is C22H21FN8O. The number of halogens is 1. The summed E-state index contributed by atoms with van der Waals surface area (Å²) in [6.07, 6.45) is 3.92. The standard InChI is InChI=1S/C22H21FN8O/c1-15-13-25-18(14-24-15)22(32)30-9-3-8-29(10-11-30)20-7-6-19-26-27-21(31(19)28-20)16-4-2-5-17(23)12-16/h2,4-7,12-14H,3,8-11H2,1H3. The number of benzene rings is 1. The lowest BCUT2D eigenvalue weighted by atomic mass is 10.2. The molecule has 0 saturated carbocycles. The van der Waals surface area contributed by atoms with E-state index in [0.29, 0.717) is 42.4 Å². The SMILES string of the molecule is Cc1cnc(C(=O)N2CCCN(c3ccc4nnc(-c5cccc(F)c5)n4n3)CC2)cn1. The molecule has 4 aromatic rings. The fraction of sp³-hybridized carbons (Fsp3) is 0.273. The van der Waals surface area contributed by atoms with Crippen LogP contribution in [-0.4, -0.2) is 66.8 Å². The normalized spacial score (nSPS) is 14.6. The molecule has 0 bridgehead atoms. The van der Waals surface area contributed by atoms with Crippen LogP contribution in [0.1, 0.15) is 22.6 Å². The van der Waals surface area contributed by atoms with Crippen LogP contribution in [0.2, 0.25) is 0 Å². The van der Waals surface area contributed by atoms with Crippen LogP contribution < -0.4 is 4.90 Å². The van der Waals surface area contributed by atoms with Gasteiger partial charge in [0.15, 0.2) is 11.5 Å². The van der Waals surface area contributed by atoms with E-state index < -0.39 is 0 Å². The summed E-state index contributed by atoms with van der Waals surface area (Å²) in [5.74, 6) is 0.770. The summed E-state index contributed by atoms with van der Waals surface area (Å²) in [6.45, 7) is 4.39. The van der Waals surface area contributed by atoms with E-state index >= 15 is 0 Å². The molecule has 162 valence electrons. The molecule has 10 heteroatoms. The minimum absolute atomic E-state index is 0.116. The third-order valence-corrected chi connectivity index (χ3v) is 5.44. The van der Waals surface area contributed by atoms with Crippen LogP contribution in [0.5, 0.6) is 0 Å². The highest BCUT2D eigenvalue weighted by Gasteiger charge is 2.22. The zero-order valence-corrected chi connectivity index (χ0v) is 17.5. The van der Waals surface area contributed by atoms with Gasteiger partial charge in [-0.1, -0.05) is 12.1 Å². The first kappa shape index (κ1) is 20.0. The summed E-state index contributed by atoms with van der Waals surface area (Å²) in [4.78, 5) is 25.1. The van der Waals surface area contributed by atoms with E-state index in [1.165, 1.54) is 18.3 Å². The van der Waals surface area contributed by atoms with Gasteiger partial charge in [0.1, 0.15) is 17.3 Å². The Morgan fingerprint density at radius 1 is 1.00 bits per heavy atom. The minimum Gasteiger partial charge on any atom is -0.353 e. The van der Waals surface area contributed by atoms with Crippen molar-refractivity contribution in [2.75, 3.05) is 31.1 Å². The molecule has 0 spiro atoms. The van der Waals surface area contributed by atoms with Gasteiger partial charge < -0.3 is 9.80 Å². The van der Waals surface area contributed by atoms with Crippen LogP contribution in [0.15, 0.2) is 48.8 Å². The number of aromatic nitrogens is 6. The van der Waals surface area contributed by atoms with Crippen LogP contribution in [0, 0.1) is 12.7 Å². The summed E-state index contributed by atoms with van der Waals surface area (Å²) in [5.41, 5.74) is 2.32. The van der Waals surface area contributed by atoms with Crippen molar-refractivity contribution in [2.24, 2.45) is 0 Å². The van der Waals surface area contributed by atoms with Crippen LogP contribution >= 0.6 is 0 Å². The number of carbonyl (C=O) groups is 1. The molecule has 5 rings (SSSR count). The molecule has 1 amide bonds. The molecule has 1 aliphatic rings. The number of carbonyl (C=O) groups excluding carboxylic acids is 1. The van der Waals surface area contributed by atoms with Gasteiger partial charge >= 0.3 is 0 Å². The second-order valence-corrected chi connectivity index (χ2v) is 7.67. The van der Waals surface area contributed by atoms with Crippen molar-refractivity contribution in [3.8, 4) is 11.4 Å². The lowest BCUT2D eigenvalue weighted by molar-refractivity contribution is 0.0760. The molecule has 32 heavy (non-hydrogen) atoms. The Balaban J connectivity index is 1.37. The lowest BCUT2D eigenvalue weighted by Gasteiger charge is -2.22. The van der Waals surface area contributed by atoms with E-state index in [-0.39, 0.29) is 11.7 Å². The van der Waals surface area contributed by atoms with Gasteiger partial charge in [-0.15, -0.1) is 15.3 Å². The molecule has 4 heterocycles. The number of amides is 1. The molecule has 0 atom stereocenters. The maximum atomic E-state index is 13.7. The molecule has 9 nitrogen and oxygen atoms in total. The summed E-state index contributed by atoms with van der Waals surface area (Å²) in [7, 11) is 0. The molecular weight excluding hydrogens is 411 g/mol. The number of hydrogen-bond acceptors (Lipinski definition) is 7. The summed E-state index contributed by atoms with van der Waals surface area (Å²) < 4.78 is 15.3. The predicted octanol–water partition coefficient (Wildman–Crippen LogP) is 2.38. The highest BCUT2D eigenvalue weighted by Crippen LogP contribution is 2.21. The molecule has 0 radical (unpaired) electrons. The van der Waals surface area contributed by atoms with Crippen molar-refractivity contribution in [1.82, 2.24) is 34.7 Å². The van der Waals surface area contributed by atoms with Crippen LogP contribution in [0.3, 0.4) is 0 Å². The smallest absolute Gasteiger partial charge is 0.274 e. The fourth-order valence-corrected chi connectivity index (χ4v) is 3.77. The van der Waals surface area contributed by atoms with E-state index in [1.807, 2.05) is 19.1 Å². The van der Waals surface area contributed by atoms with E-state index in [1.54, 1.807) is 27.7 Å². The Hall–Kier alpha value is -3.95. The average Bonchev–Trinajstić information content (AvgIpc) is 3.07. The molecule has 1 saturated heterocycles. The van der Waals surface area contributed by atoms with Crippen molar-refractivity contribution >= 4 is 17.4 Å². The predicted molar refractivity (Wildman–Crippen MR) is 116 cm³/mol. The Bertz CT molecular complexity index is 1270. The number of fused-ring (bicyclic) bond motifs is 1. The monoisotopic (exact) mass is 432 g/mol. The van der Waals surface area contributed by atoms with Crippen molar-refractivity contribution < 1.29 is 9.18 Å². The van der Waals surface area contributed by atoms with Gasteiger partial charge in [0.05, 0.1) is 11.9 Å². The average molecular weight is 432 g/mol. The van der Waals surface area contributed by atoms with Crippen LogP contribution in [0.25, 0.3) is 17.0 Å². The molecule has 1 aliphatic heterocycles. The maximum Gasteiger partial charge on any atom is 0.274 e. The molecule has 0 aliphatic carbocycles. The van der Waals surface area contributed by atoms with Crippen molar-refractivity contribution in [3.63, 3.8) is 0 Å². The highest BCUT2D eigenvalue weighted by atomic mass is 19.1. The molecule has 0 N–H and O–H groups in total. The third-order valence-electron chi connectivity index (χ3n) is 5.44. The number of hydrogen-bond donors (Lipinski definition) is 0. The largest absolute Gasteiger partial charge is 0.353 e. The van der Waals surface area contributed by atoms with Crippen molar-refractivity contribution in [2.45, 2.75) is 13.3 Å². The lowest BCUT2D eigenvalue weighted by Crippen LogP contribution is -2.36. The Morgan fingerprint density at radius 2 is 1.91 bits per heavy atom. The zero-order valence-electron chi connectivity index (χ0n) is 17.5. The van der Waals surface area contributed by atoms with E-state index in [0.717, 1.165) is 24.5 Å². The van der Waals surface area contributed by atoms with Crippen molar-refractivity contribution in [3.05, 3.63) is 66.0 Å². The number of anilines is 1. The fourth-order valence-electron chi connectivity index (χ4n) is 3.77. The van der Waals surface area contributed by atoms with E-state index in [9.17, 15) is 9.18 Å². The molecule has 1 fully saturated rings. The second-order valence-electron chi connectivity index (χ2n) is 7.67. The van der Waals surface area contributed by atoms with Gasteiger partial charge in [-0.25, -0.2) is 9.37 Å². The maximum absolute atomic E-state index is 13.7. The van der Waals surface area contributed by atoms with Gasteiger partial charge in [0.25, 0.3) is 5.91 Å². The molecule has 3 aromatic heterocycles. The van der Waals surface area contributed by atoms with E-state index in [4.69, 9.17) is 5.10 Å². The second kappa shape index (κ2) is 8.29. The van der Waals surface area contributed by atoms with Gasteiger partial charge in [0, 0.05) is 37.9 Å². The summed E-state index contributed by atoms with van der Waals surface area (Å²) in [5, 5.41) is 13.0. The van der Waals surface area contributed by atoms with E-state index in [2.05, 4.69) is 25.1 Å². The first-order chi connectivity index (χ1) is 15.6. The number of nitrogens with zero attached hydrogens (tertiary/aromatic N) is 8. The van der Waals surface area contributed by atoms with Gasteiger partial charge in [-0.2, -0.15) is 4.52 Å². The zero-order chi connectivity index (χ0) is 22.1. The van der Waals surface area contributed by atoms with Gasteiger partial charge in [0.2, 0.25) is 0 Å². The molecule has 0 unspecified atom stereocenters. The van der Waals surface area contributed by atoms with Crippen LogP contribution in [-0.2, 0) is 0 Å². The number of aryl methyl sites for hydroxylation is 1. The van der Waals surface area contributed by atoms with Gasteiger partial charge in [-0.3, -0.25) is 9.78 Å². The number of rotatable bonds is 3. The summed E-state index contributed by atoms with van der Waals surface area (Å²) >= 11 is 0. The highest BCUT2D eigenvalue weighted by molar-refractivity contribution is 5.92. The Kier molecular flexibility index (Phi) is 5.18. The van der Waals surface area contributed by atoms with Gasteiger partial charge in [-0.05, 0) is 37.6 Å². The Labute approximate surface area is 183 Å². The first-order valence-corrected chi connectivity index (χ1v) is 10.4. The quantitative estimate of drug-likeness (QED) is 0.491. The Morgan fingerprint density at radius 3 is 2.72 bits per heavy atom. The van der Waals surface area contributed by atoms with Crippen LogP contribution in [0.4, 0.5) is 10.2 Å². The third kappa shape index (κ3) is 3.86. The molecule has 1 aromatic carbocycles.